The third-order valence-electron chi connectivity index (χ3n) is 3.10. The highest BCUT2D eigenvalue weighted by atomic mass is 32.2. The van der Waals surface area contributed by atoms with Crippen LogP contribution in [0.15, 0.2) is 47.6 Å². The van der Waals surface area contributed by atoms with Crippen LogP contribution in [0.5, 0.6) is 0 Å². The number of halogens is 1. The first-order chi connectivity index (χ1) is 9.95. The van der Waals surface area contributed by atoms with Gasteiger partial charge < -0.3 is 0 Å². The van der Waals surface area contributed by atoms with Crippen molar-refractivity contribution in [1.29, 1.82) is 0 Å². The second-order valence-corrected chi connectivity index (χ2v) is 6.56. The lowest BCUT2D eigenvalue weighted by molar-refractivity contribution is 0.415. The highest BCUT2D eigenvalue weighted by Gasteiger charge is 2.27. The first-order valence-corrected chi connectivity index (χ1v) is 8.05. The van der Waals surface area contributed by atoms with Gasteiger partial charge in [0, 0.05) is 19.3 Å². The molecule has 6 heteroatoms. The number of hydrogen-bond donors (Lipinski definition) is 0. The molecule has 0 saturated carbocycles. The molecule has 0 N–H and O–H groups in total. The van der Waals surface area contributed by atoms with E-state index in [4.69, 9.17) is 0 Å². The molecule has 0 aliphatic heterocycles. The van der Waals surface area contributed by atoms with Gasteiger partial charge in [-0.15, -0.1) is 0 Å². The summed E-state index contributed by atoms with van der Waals surface area (Å²) in [7, 11) is -3.95. The number of benzene rings is 1. The Morgan fingerprint density at radius 2 is 2.00 bits per heavy atom. The van der Waals surface area contributed by atoms with E-state index >= 15 is 0 Å². The predicted octanol–water partition coefficient (Wildman–Crippen LogP) is 2.74. The number of rotatable bonds is 5. The van der Waals surface area contributed by atoms with E-state index in [1.54, 1.807) is 6.92 Å². The van der Waals surface area contributed by atoms with Crippen molar-refractivity contribution in [1.82, 2.24) is 9.29 Å². The Morgan fingerprint density at radius 1 is 1.24 bits per heavy atom. The molecule has 0 aliphatic rings. The van der Waals surface area contributed by atoms with Gasteiger partial charge in [0.1, 0.15) is 0 Å². The van der Waals surface area contributed by atoms with E-state index in [9.17, 15) is 12.8 Å². The molecule has 0 radical (unpaired) electrons. The molecule has 4 nitrogen and oxygen atoms in total. The van der Waals surface area contributed by atoms with Gasteiger partial charge in [-0.2, -0.15) is 4.31 Å². The molecule has 0 unspecified atom stereocenters. The Bertz CT molecular complexity index is 732. The quantitative estimate of drug-likeness (QED) is 0.853. The predicted molar refractivity (Wildman–Crippen MR) is 78.6 cm³/mol. The minimum Gasteiger partial charge on any atom is -0.241 e. The number of pyridine rings is 1. The van der Waals surface area contributed by atoms with Gasteiger partial charge in [0.2, 0.25) is 5.03 Å². The van der Waals surface area contributed by atoms with Crippen LogP contribution in [0.3, 0.4) is 0 Å². The summed E-state index contributed by atoms with van der Waals surface area (Å²) in [6, 6.07) is 10.0. The molecule has 1 aromatic carbocycles. The number of aryl methyl sites for hydroxylation is 1. The fourth-order valence-corrected chi connectivity index (χ4v) is 3.48. The highest BCUT2D eigenvalue weighted by Crippen LogP contribution is 2.19. The van der Waals surface area contributed by atoms with Crippen LogP contribution >= 0.6 is 0 Å². The molecule has 1 aromatic heterocycles. The van der Waals surface area contributed by atoms with Gasteiger partial charge in [-0.3, -0.25) is 0 Å². The Labute approximate surface area is 124 Å². The summed E-state index contributed by atoms with van der Waals surface area (Å²) in [5.41, 5.74) is 1.90. The molecule has 2 rings (SSSR count). The Balaban J connectivity index is 2.35. The number of aromatic nitrogens is 1. The van der Waals surface area contributed by atoms with Gasteiger partial charge in [-0.05, 0) is 24.6 Å². The van der Waals surface area contributed by atoms with Crippen LogP contribution in [0.25, 0.3) is 0 Å². The van der Waals surface area contributed by atoms with Crippen molar-refractivity contribution in [2.45, 2.75) is 25.4 Å². The maximum atomic E-state index is 13.7. The summed E-state index contributed by atoms with van der Waals surface area (Å²) < 4.78 is 39.9. The van der Waals surface area contributed by atoms with Crippen molar-refractivity contribution >= 4 is 10.0 Å². The highest BCUT2D eigenvalue weighted by molar-refractivity contribution is 7.89. The summed E-state index contributed by atoms with van der Waals surface area (Å²) in [5.74, 6) is -0.833. The first kappa shape index (κ1) is 15.6. The van der Waals surface area contributed by atoms with Gasteiger partial charge in [0.15, 0.2) is 5.82 Å². The molecular weight excluding hydrogens is 291 g/mol. The minimum absolute atomic E-state index is 0.191. The maximum Gasteiger partial charge on any atom is 0.263 e. The van der Waals surface area contributed by atoms with Crippen LogP contribution in [0.4, 0.5) is 4.39 Å². The summed E-state index contributed by atoms with van der Waals surface area (Å²) in [6.07, 6.45) is 1.27. The second-order valence-electron chi connectivity index (χ2n) is 4.71. The molecule has 0 spiro atoms. The third kappa shape index (κ3) is 3.46. The molecule has 1 heterocycles. The van der Waals surface area contributed by atoms with Crippen molar-refractivity contribution in [3.8, 4) is 0 Å². The lowest BCUT2D eigenvalue weighted by Gasteiger charge is -2.20. The van der Waals surface area contributed by atoms with E-state index in [0.29, 0.717) is 0 Å². The molecule has 2 aromatic rings. The molecule has 21 heavy (non-hydrogen) atoms. The van der Waals surface area contributed by atoms with E-state index in [1.807, 2.05) is 31.2 Å². The van der Waals surface area contributed by atoms with E-state index < -0.39 is 20.9 Å². The lowest BCUT2D eigenvalue weighted by atomic mass is 10.1. The van der Waals surface area contributed by atoms with Gasteiger partial charge >= 0.3 is 0 Å². The number of hydrogen-bond acceptors (Lipinski definition) is 3. The molecular formula is C15H17FN2O2S. The molecule has 0 saturated heterocycles. The summed E-state index contributed by atoms with van der Waals surface area (Å²) in [5, 5.41) is -0.528. The van der Waals surface area contributed by atoms with E-state index in [1.165, 1.54) is 16.6 Å². The molecule has 0 atom stereocenters. The zero-order valence-corrected chi connectivity index (χ0v) is 12.8. The topological polar surface area (TPSA) is 50.3 Å². The zero-order valence-electron chi connectivity index (χ0n) is 12.0. The van der Waals surface area contributed by atoms with Crippen molar-refractivity contribution in [3.05, 3.63) is 59.5 Å². The largest absolute Gasteiger partial charge is 0.263 e. The SMILES string of the molecule is CCN(Cc1cccc(C)c1)S(=O)(=O)c1ncccc1F. The van der Waals surface area contributed by atoms with Crippen LogP contribution < -0.4 is 0 Å². The summed E-state index contributed by atoms with van der Waals surface area (Å²) >= 11 is 0. The van der Waals surface area contributed by atoms with E-state index in [2.05, 4.69) is 4.98 Å². The van der Waals surface area contributed by atoms with Crippen LogP contribution in [-0.4, -0.2) is 24.3 Å². The lowest BCUT2D eigenvalue weighted by Crippen LogP contribution is -2.31. The Hall–Kier alpha value is -1.79. The molecule has 0 bridgehead atoms. The summed E-state index contributed by atoms with van der Waals surface area (Å²) in [6.45, 7) is 4.09. The number of sulfonamides is 1. The molecule has 0 amide bonds. The van der Waals surface area contributed by atoms with E-state index in [-0.39, 0.29) is 13.1 Å². The van der Waals surface area contributed by atoms with Crippen molar-refractivity contribution < 1.29 is 12.8 Å². The average molecular weight is 308 g/mol. The zero-order chi connectivity index (χ0) is 15.5. The average Bonchev–Trinajstić information content (AvgIpc) is 2.45. The van der Waals surface area contributed by atoms with Crippen molar-refractivity contribution in [2.75, 3.05) is 6.54 Å². The minimum atomic E-state index is -3.95. The van der Waals surface area contributed by atoms with Gasteiger partial charge in [0.05, 0.1) is 0 Å². The first-order valence-electron chi connectivity index (χ1n) is 6.61. The summed E-state index contributed by atoms with van der Waals surface area (Å²) in [4.78, 5) is 3.67. The van der Waals surface area contributed by atoms with Crippen LogP contribution in [0.2, 0.25) is 0 Å². The molecule has 112 valence electrons. The van der Waals surface area contributed by atoms with Crippen LogP contribution in [-0.2, 0) is 16.6 Å². The van der Waals surface area contributed by atoms with E-state index in [0.717, 1.165) is 17.2 Å². The maximum absolute atomic E-state index is 13.7. The fraction of sp³-hybridized carbons (Fsp3) is 0.267. The fourth-order valence-electron chi connectivity index (χ4n) is 2.06. The number of nitrogens with zero attached hydrogens (tertiary/aromatic N) is 2. The smallest absolute Gasteiger partial charge is 0.241 e. The normalized spacial score (nSPS) is 11.8. The Morgan fingerprint density at radius 3 is 2.62 bits per heavy atom. The van der Waals surface area contributed by atoms with Gasteiger partial charge in [0.25, 0.3) is 10.0 Å². The van der Waals surface area contributed by atoms with Crippen LogP contribution in [0.1, 0.15) is 18.1 Å². The third-order valence-corrected chi connectivity index (χ3v) is 4.96. The van der Waals surface area contributed by atoms with Crippen LogP contribution in [0, 0.1) is 12.7 Å². The monoisotopic (exact) mass is 308 g/mol. The standard InChI is InChI=1S/C15H17FN2O2S/c1-3-18(11-13-7-4-6-12(2)10-13)21(19,20)15-14(16)8-5-9-17-15/h4-10H,3,11H2,1-2H3. The van der Waals surface area contributed by atoms with Crippen molar-refractivity contribution in [2.24, 2.45) is 0 Å². The molecule has 0 fully saturated rings. The van der Waals surface area contributed by atoms with Gasteiger partial charge in [-0.25, -0.2) is 17.8 Å². The molecule has 0 aliphatic carbocycles. The second kappa shape index (κ2) is 6.32. The Kier molecular flexibility index (Phi) is 4.69. The van der Waals surface area contributed by atoms with Crippen molar-refractivity contribution in [3.63, 3.8) is 0 Å². The van der Waals surface area contributed by atoms with Gasteiger partial charge in [-0.1, -0.05) is 36.8 Å².